The fourth-order valence-electron chi connectivity index (χ4n) is 4.53. The first-order chi connectivity index (χ1) is 17.3. The maximum Gasteiger partial charge on any atom is 0.243 e. The highest BCUT2D eigenvalue weighted by Gasteiger charge is 2.32. The molecule has 0 spiro atoms. The molecule has 4 rings (SSSR count). The fraction of sp³-hybridized carbons (Fsp3) is 0.480. The van der Waals surface area contributed by atoms with Gasteiger partial charge in [0.15, 0.2) is 0 Å². The van der Waals surface area contributed by atoms with E-state index in [2.05, 4.69) is 5.32 Å². The largest absolute Gasteiger partial charge is 0.379 e. The van der Waals surface area contributed by atoms with Crippen molar-refractivity contribution in [3.8, 4) is 0 Å². The number of piperidine rings is 1. The molecular weight excluding hydrogens is 502 g/mol. The first-order valence-corrected chi connectivity index (χ1v) is 15.3. The van der Waals surface area contributed by atoms with Crippen molar-refractivity contribution in [2.75, 3.05) is 50.5 Å². The van der Waals surface area contributed by atoms with Crippen LogP contribution in [0.15, 0.2) is 59.5 Å². The Morgan fingerprint density at radius 1 is 0.917 bits per heavy atom. The number of anilines is 1. The summed E-state index contributed by atoms with van der Waals surface area (Å²) in [5, 5.41) is 2.82. The third-order valence-electron chi connectivity index (χ3n) is 6.59. The Kier molecular flexibility index (Phi) is 8.78. The fourth-order valence-corrected chi connectivity index (χ4v) is 7.52. The normalized spacial score (nSPS) is 20.2. The van der Waals surface area contributed by atoms with Crippen LogP contribution < -0.4 is 5.32 Å². The summed E-state index contributed by atoms with van der Waals surface area (Å²) in [6.45, 7) is 1.94. The third-order valence-corrected chi connectivity index (χ3v) is 10.4. The molecule has 0 bridgehead atoms. The van der Waals surface area contributed by atoms with Crippen LogP contribution in [-0.2, 0) is 36.0 Å². The minimum atomic E-state index is -3.61. The molecule has 11 heteroatoms. The molecule has 2 aliphatic rings. The smallest absolute Gasteiger partial charge is 0.243 e. The summed E-state index contributed by atoms with van der Waals surface area (Å²) in [5.41, 5.74) is 1.58. The van der Waals surface area contributed by atoms with Crippen LogP contribution in [0.5, 0.6) is 0 Å². The average Bonchev–Trinajstić information content (AvgIpc) is 2.90. The van der Waals surface area contributed by atoms with Crippen molar-refractivity contribution < 1.29 is 26.4 Å². The van der Waals surface area contributed by atoms with Gasteiger partial charge in [0.2, 0.25) is 26.0 Å². The number of amides is 1. The molecule has 2 saturated heterocycles. The van der Waals surface area contributed by atoms with Crippen LogP contribution in [0.4, 0.5) is 5.69 Å². The van der Waals surface area contributed by atoms with E-state index in [9.17, 15) is 21.6 Å². The Bertz CT molecular complexity index is 1230. The van der Waals surface area contributed by atoms with E-state index in [1.807, 2.05) is 30.3 Å². The van der Waals surface area contributed by atoms with Crippen molar-refractivity contribution in [3.05, 3.63) is 60.2 Å². The topological polar surface area (TPSA) is 113 Å². The van der Waals surface area contributed by atoms with Crippen LogP contribution in [0.3, 0.4) is 0 Å². The van der Waals surface area contributed by atoms with Gasteiger partial charge in [-0.2, -0.15) is 4.31 Å². The lowest BCUT2D eigenvalue weighted by molar-refractivity contribution is -0.120. The molecule has 9 nitrogen and oxygen atoms in total. The number of benzene rings is 2. The Morgan fingerprint density at radius 3 is 2.31 bits per heavy atom. The Balaban J connectivity index is 1.31. The zero-order valence-electron chi connectivity index (χ0n) is 20.2. The average molecular weight is 536 g/mol. The van der Waals surface area contributed by atoms with E-state index in [1.54, 1.807) is 12.1 Å². The number of nitrogens with zero attached hydrogens (tertiary/aromatic N) is 2. The molecule has 0 radical (unpaired) electrons. The van der Waals surface area contributed by atoms with Crippen LogP contribution in [0.25, 0.3) is 0 Å². The number of aryl methyl sites for hydroxylation is 1. The van der Waals surface area contributed by atoms with Crippen molar-refractivity contribution >= 4 is 31.6 Å². The zero-order valence-corrected chi connectivity index (χ0v) is 21.8. The number of morpholine rings is 1. The van der Waals surface area contributed by atoms with Gasteiger partial charge in [-0.1, -0.05) is 30.3 Å². The summed E-state index contributed by atoms with van der Waals surface area (Å²) in [6, 6.07) is 15.9. The van der Waals surface area contributed by atoms with E-state index >= 15 is 0 Å². The highest BCUT2D eigenvalue weighted by atomic mass is 32.2. The number of carbonyl (C=O) groups excluding carboxylic acids is 1. The highest BCUT2D eigenvalue weighted by molar-refractivity contribution is 7.89. The van der Waals surface area contributed by atoms with E-state index < -0.39 is 26.0 Å². The molecule has 2 aromatic carbocycles. The first kappa shape index (κ1) is 26.7. The maximum absolute atomic E-state index is 12.9. The lowest BCUT2D eigenvalue weighted by Gasteiger charge is -2.31. The monoisotopic (exact) mass is 535 g/mol. The lowest BCUT2D eigenvalue weighted by Crippen LogP contribution is -2.44. The maximum atomic E-state index is 12.9. The molecule has 2 aliphatic heterocycles. The predicted octanol–water partition coefficient (Wildman–Crippen LogP) is 2.32. The predicted molar refractivity (Wildman–Crippen MR) is 137 cm³/mol. The number of hydrogen-bond acceptors (Lipinski definition) is 6. The van der Waals surface area contributed by atoms with Crippen LogP contribution in [-0.4, -0.2) is 76.5 Å². The summed E-state index contributed by atoms with van der Waals surface area (Å²) < 4.78 is 59.4. The molecule has 196 valence electrons. The minimum Gasteiger partial charge on any atom is -0.379 e. The van der Waals surface area contributed by atoms with E-state index in [0.717, 1.165) is 5.56 Å². The Hall–Kier alpha value is -2.31. The van der Waals surface area contributed by atoms with E-state index in [1.165, 1.54) is 20.7 Å². The second kappa shape index (κ2) is 11.8. The van der Waals surface area contributed by atoms with Gasteiger partial charge in [0.25, 0.3) is 0 Å². The summed E-state index contributed by atoms with van der Waals surface area (Å²) >= 11 is 0. The van der Waals surface area contributed by atoms with Crippen LogP contribution in [0.2, 0.25) is 0 Å². The number of rotatable bonds is 9. The summed E-state index contributed by atoms with van der Waals surface area (Å²) in [6.07, 6.45) is 2.44. The molecule has 1 amide bonds. The Morgan fingerprint density at radius 2 is 1.61 bits per heavy atom. The van der Waals surface area contributed by atoms with Gasteiger partial charge in [-0.3, -0.25) is 4.79 Å². The molecule has 0 saturated carbocycles. The SMILES string of the molecule is O=C(Nc1ccc(S(=O)(=O)N2CCOCC2)cc1)[C@H]1CCCN(S(=O)(=O)CCCc2ccccc2)C1. The number of hydrogen-bond donors (Lipinski definition) is 1. The van der Waals surface area contributed by atoms with Gasteiger partial charge in [0.05, 0.1) is 29.8 Å². The molecule has 2 aromatic rings. The van der Waals surface area contributed by atoms with E-state index in [0.29, 0.717) is 64.2 Å². The van der Waals surface area contributed by atoms with Gasteiger partial charge in [-0.25, -0.2) is 21.1 Å². The molecular formula is C25H33N3O6S2. The van der Waals surface area contributed by atoms with E-state index in [-0.39, 0.29) is 23.1 Å². The molecule has 0 aromatic heterocycles. The molecule has 2 heterocycles. The first-order valence-electron chi connectivity index (χ1n) is 12.3. The quantitative estimate of drug-likeness (QED) is 0.527. The van der Waals surface area contributed by atoms with Gasteiger partial charge < -0.3 is 10.1 Å². The summed E-state index contributed by atoms with van der Waals surface area (Å²) in [7, 11) is -7.06. The van der Waals surface area contributed by atoms with E-state index in [4.69, 9.17) is 4.74 Å². The van der Waals surface area contributed by atoms with Gasteiger partial charge in [0.1, 0.15) is 0 Å². The molecule has 36 heavy (non-hydrogen) atoms. The molecule has 1 atom stereocenters. The summed E-state index contributed by atoms with van der Waals surface area (Å²) in [4.78, 5) is 13.1. The van der Waals surface area contributed by atoms with Crippen molar-refractivity contribution in [3.63, 3.8) is 0 Å². The van der Waals surface area contributed by atoms with Gasteiger partial charge >= 0.3 is 0 Å². The third kappa shape index (κ3) is 6.71. The number of nitrogens with one attached hydrogen (secondary N) is 1. The van der Waals surface area contributed by atoms with Crippen molar-refractivity contribution in [1.82, 2.24) is 8.61 Å². The van der Waals surface area contributed by atoms with Crippen LogP contribution in [0.1, 0.15) is 24.8 Å². The lowest BCUT2D eigenvalue weighted by atomic mass is 9.99. The number of sulfonamides is 2. The second-order valence-corrected chi connectivity index (χ2v) is 13.2. The highest BCUT2D eigenvalue weighted by Crippen LogP contribution is 2.23. The molecule has 0 unspecified atom stereocenters. The second-order valence-electron chi connectivity index (χ2n) is 9.13. The number of carbonyl (C=O) groups is 1. The Labute approximate surface area is 213 Å². The van der Waals surface area contributed by atoms with Gasteiger partial charge in [0, 0.05) is 31.9 Å². The minimum absolute atomic E-state index is 0.0509. The zero-order chi connectivity index (χ0) is 25.6. The number of ether oxygens (including phenoxy) is 1. The van der Waals surface area contributed by atoms with Crippen molar-refractivity contribution in [1.29, 1.82) is 0 Å². The molecule has 1 N–H and O–H groups in total. The van der Waals surface area contributed by atoms with Gasteiger partial charge in [-0.15, -0.1) is 0 Å². The molecule has 0 aliphatic carbocycles. The summed E-state index contributed by atoms with van der Waals surface area (Å²) in [5.74, 6) is -0.669. The van der Waals surface area contributed by atoms with Gasteiger partial charge in [-0.05, 0) is 55.5 Å². The van der Waals surface area contributed by atoms with Crippen LogP contribution >= 0.6 is 0 Å². The van der Waals surface area contributed by atoms with Crippen LogP contribution in [0, 0.1) is 5.92 Å². The van der Waals surface area contributed by atoms with Crippen molar-refractivity contribution in [2.45, 2.75) is 30.6 Å². The standard InChI is InChI=1S/C25H33N3O6S2/c29-25(26-23-10-12-24(13-11-23)36(32,33)27-15-17-34-18-16-27)22-9-4-14-28(20-22)35(30,31)19-5-8-21-6-2-1-3-7-21/h1-3,6-7,10-13,22H,4-5,8-9,14-20H2,(H,26,29)/t22-/m0/s1. The van der Waals surface area contributed by atoms with Crippen molar-refractivity contribution in [2.24, 2.45) is 5.92 Å². The molecule has 2 fully saturated rings.